The van der Waals surface area contributed by atoms with Gasteiger partial charge in [-0.25, -0.2) is 4.79 Å². The van der Waals surface area contributed by atoms with E-state index in [1.807, 2.05) is 30.3 Å². The maximum absolute atomic E-state index is 13.8. The lowest BCUT2D eigenvalue weighted by Gasteiger charge is -2.38. The predicted molar refractivity (Wildman–Crippen MR) is 261 cm³/mol. The quantitative estimate of drug-likeness (QED) is 0.0569. The summed E-state index contributed by atoms with van der Waals surface area (Å²) in [6, 6.07) is 17.4. The number of benzene rings is 4. The van der Waals surface area contributed by atoms with Crippen LogP contribution in [0, 0.1) is 0 Å². The van der Waals surface area contributed by atoms with Gasteiger partial charge in [0.2, 0.25) is 23.5 Å². The van der Waals surface area contributed by atoms with Gasteiger partial charge in [0, 0.05) is 25.1 Å². The fourth-order valence-corrected chi connectivity index (χ4v) is 9.75. The van der Waals surface area contributed by atoms with Gasteiger partial charge < -0.3 is 58.3 Å². The average Bonchev–Trinajstić information content (AvgIpc) is 3.65. The number of imide groups is 1. The highest BCUT2D eigenvalue weighted by atomic mass is 16.5. The summed E-state index contributed by atoms with van der Waals surface area (Å²) in [4.78, 5) is 79.0. The van der Waals surface area contributed by atoms with Crippen LogP contribution in [0.3, 0.4) is 0 Å². The minimum Gasteiger partial charge on any atom is -0.493 e. The lowest BCUT2D eigenvalue weighted by atomic mass is 9.81. The highest BCUT2D eigenvalue weighted by Gasteiger charge is 2.46. The van der Waals surface area contributed by atoms with Crippen molar-refractivity contribution in [3.05, 3.63) is 100 Å². The first-order valence-corrected chi connectivity index (χ1v) is 24.0. The summed E-state index contributed by atoms with van der Waals surface area (Å²) >= 11 is 0. The van der Waals surface area contributed by atoms with Gasteiger partial charge in [0.05, 0.1) is 66.3 Å². The van der Waals surface area contributed by atoms with E-state index in [9.17, 15) is 39.0 Å². The Morgan fingerprint density at radius 2 is 1.49 bits per heavy atom. The van der Waals surface area contributed by atoms with E-state index >= 15 is 0 Å². The number of ether oxygens (including phenoxy) is 8. The first kappa shape index (κ1) is 53.2. The molecule has 7 rings (SSSR count). The molecule has 3 aliphatic heterocycles. The van der Waals surface area contributed by atoms with Crippen molar-refractivity contribution in [3.63, 3.8) is 0 Å². The molecule has 4 atom stereocenters. The molecule has 4 aromatic carbocycles. The SMILES string of the molecule is COc1cc(CC(=O)N2CCC(c3c(CCCc4cccc(OCC(=O)NCCOCCOc5cccc6c5C(O)N(C5CCC(=O)NC5=O)C6=O)c4)ccc(OC)c3OC)C[C@H]2C(=O)O)cc(OC)c1OC. The number of hydrogen-bond donors (Lipinski definition) is 4. The monoisotopic (exact) mass is 1010 g/mol. The molecule has 4 N–H and O–H groups in total. The first-order chi connectivity index (χ1) is 35.3. The Kier molecular flexibility index (Phi) is 18.0. The molecule has 0 bridgehead atoms. The predicted octanol–water partition coefficient (Wildman–Crippen LogP) is 4.15. The topological polar surface area (TPSA) is 247 Å². The molecule has 2 fully saturated rings. The van der Waals surface area contributed by atoms with Crippen LogP contribution >= 0.6 is 0 Å². The number of rotatable bonds is 24. The van der Waals surface area contributed by atoms with Crippen LogP contribution in [-0.2, 0) is 48.0 Å². The molecule has 73 heavy (non-hydrogen) atoms. The van der Waals surface area contributed by atoms with Crippen LogP contribution in [-0.4, -0.2) is 143 Å². The van der Waals surface area contributed by atoms with Gasteiger partial charge in [0.15, 0.2) is 35.8 Å². The van der Waals surface area contributed by atoms with E-state index in [4.69, 9.17) is 37.9 Å². The normalized spacial score (nSPS) is 18.4. The third-order valence-electron chi connectivity index (χ3n) is 13.2. The Morgan fingerprint density at radius 1 is 0.753 bits per heavy atom. The summed E-state index contributed by atoms with van der Waals surface area (Å²) < 4.78 is 45.2. The number of aliphatic carboxylic acids is 1. The molecule has 0 aromatic heterocycles. The minimum absolute atomic E-state index is 0.0547. The fraction of sp³-hybridized carbons (Fsp3) is 0.434. The van der Waals surface area contributed by atoms with Crippen molar-refractivity contribution in [2.75, 3.05) is 75.1 Å². The number of nitrogens with zero attached hydrogens (tertiary/aromatic N) is 2. The summed E-state index contributed by atoms with van der Waals surface area (Å²) in [5.41, 5.74) is 3.88. The molecule has 390 valence electrons. The Balaban J connectivity index is 0.864. The van der Waals surface area contributed by atoms with Gasteiger partial charge in [-0.3, -0.25) is 34.2 Å². The van der Waals surface area contributed by atoms with Crippen LogP contribution in [0.2, 0.25) is 0 Å². The molecule has 3 unspecified atom stereocenters. The summed E-state index contributed by atoms with van der Waals surface area (Å²) in [6.07, 6.45) is 1.38. The van der Waals surface area contributed by atoms with Crippen LogP contribution in [0.5, 0.6) is 40.2 Å². The van der Waals surface area contributed by atoms with Crippen molar-refractivity contribution < 1.29 is 76.9 Å². The number of carbonyl (C=O) groups excluding carboxylic acids is 5. The number of aryl methyl sites for hydroxylation is 2. The van der Waals surface area contributed by atoms with Crippen molar-refractivity contribution in [1.82, 2.24) is 20.4 Å². The zero-order valence-electron chi connectivity index (χ0n) is 41.6. The van der Waals surface area contributed by atoms with Crippen LogP contribution in [0.25, 0.3) is 0 Å². The van der Waals surface area contributed by atoms with Crippen molar-refractivity contribution in [2.45, 2.75) is 75.6 Å². The number of carbonyl (C=O) groups is 6. The van der Waals surface area contributed by atoms with E-state index < -0.39 is 42.0 Å². The molecule has 0 spiro atoms. The number of amides is 5. The number of aliphatic hydroxyl groups excluding tert-OH is 1. The highest BCUT2D eigenvalue weighted by Crippen LogP contribution is 2.45. The third-order valence-corrected chi connectivity index (χ3v) is 13.2. The standard InChI is InChI=1S/C53H62N4O16/c1-66-40-17-15-33(46(49(40)70-5)34-19-21-56(38(29-34)53(64)65)45(60)28-32-26-41(67-2)48(69-4)42(27-32)68-3)11-6-9-31-10-7-12-35(25-31)73-30-44(59)54-20-22-71-23-24-72-39-14-8-13-36-47(39)52(63)57(51(36)62)37-16-18-43(58)55-50(37)61/h7-8,10,12-15,17,25-27,34,37-38,52,63H,6,9,11,16,18-24,28-30H2,1-5H3,(H,54,59)(H,64,65)(H,55,58,61)/t34?,37?,38-,52?/m0/s1. The van der Waals surface area contributed by atoms with Gasteiger partial charge in [-0.1, -0.05) is 24.3 Å². The Morgan fingerprint density at radius 3 is 2.19 bits per heavy atom. The van der Waals surface area contributed by atoms with E-state index in [1.165, 1.54) is 26.2 Å². The van der Waals surface area contributed by atoms with E-state index in [2.05, 4.69) is 10.6 Å². The first-order valence-electron chi connectivity index (χ1n) is 24.0. The molecule has 4 aromatic rings. The highest BCUT2D eigenvalue weighted by molar-refractivity contribution is 6.06. The van der Waals surface area contributed by atoms with Crippen LogP contribution in [0.4, 0.5) is 0 Å². The zero-order chi connectivity index (χ0) is 52.2. The van der Waals surface area contributed by atoms with Gasteiger partial charge >= 0.3 is 5.97 Å². The molecule has 3 heterocycles. The number of methoxy groups -OCH3 is 5. The summed E-state index contributed by atoms with van der Waals surface area (Å²) in [7, 11) is 7.58. The number of carboxylic acids is 1. The lowest BCUT2D eigenvalue weighted by Crippen LogP contribution is -2.53. The lowest BCUT2D eigenvalue weighted by molar-refractivity contribution is -0.152. The van der Waals surface area contributed by atoms with Gasteiger partial charge in [-0.05, 0) is 104 Å². The van der Waals surface area contributed by atoms with Gasteiger partial charge in [0.1, 0.15) is 30.2 Å². The van der Waals surface area contributed by atoms with E-state index in [0.29, 0.717) is 59.3 Å². The second kappa shape index (κ2) is 24.7. The van der Waals surface area contributed by atoms with E-state index in [0.717, 1.165) is 28.0 Å². The fourth-order valence-electron chi connectivity index (χ4n) is 9.75. The Labute approximate surface area is 422 Å². The van der Waals surface area contributed by atoms with Crippen molar-refractivity contribution in [3.8, 4) is 40.2 Å². The maximum Gasteiger partial charge on any atom is 0.326 e. The molecule has 20 nitrogen and oxygen atoms in total. The van der Waals surface area contributed by atoms with E-state index in [-0.39, 0.29) is 99.8 Å². The molecule has 0 saturated carbocycles. The number of hydrogen-bond acceptors (Lipinski definition) is 15. The number of aliphatic hydroxyl groups is 1. The maximum atomic E-state index is 13.8. The van der Waals surface area contributed by atoms with Crippen molar-refractivity contribution in [2.24, 2.45) is 0 Å². The largest absolute Gasteiger partial charge is 0.493 e. The molecule has 3 aliphatic rings. The van der Waals surface area contributed by atoms with Crippen LogP contribution in [0.1, 0.15) is 82.4 Å². The van der Waals surface area contributed by atoms with E-state index in [1.54, 1.807) is 50.6 Å². The second-order valence-corrected chi connectivity index (χ2v) is 17.6. The average molecular weight is 1010 g/mol. The minimum atomic E-state index is -1.43. The van der Waals surface area contributed by atoms with Gasteiger partial charge in [-0.15, -0.1) is 0 Å². The molecule has 20 heteroatoms. The third kappa shape index (κ3) is 12.4. The number of fused-ring (bicyclic) bond motifs is 1. The number of piperidine rings is 2. The smallest absolute Gasteiger partial charge is 0.326 e. The molecular formula is C53H62N4O16. The van der Waals surface area contributed by atoms with Crippen molar-refractivity contribution >= 4 is 35.5 Å². The second-order valence-electron chi connectivity index (χ2n) is 17.6. The zero-order valence-corrected chi connectivity index (χ0v) is 41.6. The van der Waals surface area contributed by atoms with Gasteiger partial charge in [-0.2, -0.15) is 0 Å². The summed E-state index contributed by atoms with van der Waals surface area (Å²) in [5, 5.41) is 26.5. The summed E-state index contributed by atoms with van der Waals surface area (Å²) in [5.74, 6) is -0.594. The molecule has 5 amide bonds. The number of likely N-dealkylation sites (tertiary alicyclic amines) is 1. The Bertz CT molecular complexity index is 2650. The molecule has 0 aliphatic carbocycles. The van der Waals surface area contributed by atoms with Crippen LogP contribution < -0.4 is 43.8 Å². The number of nitrogens with one attached hydrogen (secondary N) is 2. The van der Waals surface area contributed by atoms with Crippen molar-refractivity contribution in [1.29, 1.82) is 0 Å². The molecule has 0 radical (unpaired) electrons. The number of carboxylic acid groups (broad SMARTS) is 1. The molecular weight excluding hydrogens is 949 g/mol. The Hall–Kier alpha value is -7.58. The summed E-state index contributed by atoms with van der Waals surface area (Å²) in [6.45, 7) is 0.608. The van der Waals surface area contributed by atoms with Crippen LogP contribution in [0.15, 0.2) is 66.7 Å². The van der Waals surface area contributed by atoms with Gasteiger partial charge in [0.25, 0.3) is 11.8 Å². The molecule has 2 saturated heterocycles.